The van der Waals surface area contributed by atoms with E-state index in [1.165, 1.54) is 10.8 Å². The average molecular weight is 505 g/mol. The van der Waals surface area contributed by atoms with E-state index >= 15 is 0 Å². The van der Waals surface area contributed by atoms with E-state index < -0.39 is 29.8 Å². The van der Waals surface area contributed by atoms with Crippen LogP contribution in [-0.2, 0) is 15.7 Å². The summed E-state index contributed by atoms with van der Waals surface area (Å²) in [6.07, 6.45) is -2.70. The fourth-order valence-corrected chi connectivity index (χ4v) is 3.72. The van der Waals surface area contributed by atoms with E-state index in [-0.39, 0.29) is 31.0 Å². The van der Waals surface area contributed by atoms with Crippen molar-refractivity contribution in [2.24, 2.45) is 0 Å². The lowest BCUT2D eigenvalue weighted by Crippen LogP contribution is -2.37. The van der Waals surface area contributed by atoms with Gasteiger partial charge in [0.25, 0.3) is 0 Å². The molecule has 11 heteroatoms. The topological polar surface area (TPSA) is 92.7 Å². The molecule has 8 nitrogen and oxygen atoms in total. The van der Waals surface area contributed by atoms with E-state index in [4.69, 9.17) is 4.74 Å². The summed E-state index contributed by atoms with van der Waals surface area (Å²) in [5.41, 5.74) is 0.256. The lowest BCUT2D eigenvalue weighted by molar-refractivity contribution is -0.148. The van der Waals surface area contributed by atoms with Gasteiger partial charge in [0.2, 0.25) is 5.91 Å². The third-order valence-corrected chi connectivity index (χ3v) is 5.51. The number of fused-ring (bicyclic) bond motifs is 1. The van der Waals surface area contributed by atoms with Crippen LogP contribution in [0.4, 0.5) is 29.3 Å². The van der Waals surface area contributed by atoms with Crippen LogP contribution in [0, 0.1) is 0 Å². The van der Waals surface area contributed by atoms with Crippen molar-refractivity contribution in [2.75, 3.05) is 31.3 Å². The van der Waals surface area contributed by atoms with Crippen molar-refractivity contribution in [2.45, 2.75) is 32.0 Å². The standard InChI is InChI=1S/C25H27F3N4O4/c1-4-36-23(34)21(31(2)3)13-14-22(33)32-15-19(18-7-5-6-8-20(18)32)30-24(35)29-17-11-9-16(10-12-17)25(26,27)28/h5-12,15,21H,4,13-14H2,1-3H3,(H2,29,30,35). The predicted molar refractivity (Wildman–Crippen MR) is 130 cm³/mol. The minimum Gasteiger partial charge on any atom is -0.465 e. The number of nitrogens with one attached hydrogen (secondary N) is 2. The maximum atomic E-state index is 13.0. The van der Waals surface area contributed by atoms with E-state index in [1.807, 2.05) is 0 Å². The van der Waals surface area contributed by atoms with Crippen molar-refractivity contribution in [1.82, 2.24) is 9.47 Å². The molecule has 3 aromatic rings. The number of urea groups is 1. The van der Waals surface area contributed by atoms with Gasteiger partial charge in [-0.15, -0.1) is 0 Å². The van der Waals surface area contributed by atoms with Crippen LogP contribution in [0.15, 0.2) is 54.7 Å². The molecule has 0 bridgehead atoms. The number of anilines is 2. The molecule has 0 aliphatic carbocycles. The number of rotatable bonds is 8. The summed E-state index contributed by atoms with van der Waals surface area (Å²) in [5, 5.41) is 5.72. The van der Waals surface area contributed by atoms with Gasteiger partial charge < -0.3 is 15.4 Å². The molecule has 0 spiro atoms. The molecule has 0 aliphatic heterocycles. The summed E-state index contributed by atoms with van der Waals surface area (Å²) < 4.78 is 44.7. The molecular formula is C25H27F3N4O4. The molecule has 0 aliphatic rings. The van der Waals surface area contributed by atoms with Gasteiger partial charge in [0.05, 0.1) is 23.4 Å². The third-order valence-electron chi connectivity index (χ3n) is 5.51. The SMILES string of the molecule is CCOC(=O)C(CCC(=O)n1cc(NC(=O)Nc2ccc(C(F)(F)F)cc2)c2ccccc21)N(C)C. The Morgan fingerprint density at radius 3 is 2.31 bits per heavy atom. The fourth-order valence-electron chi connectivity index (χ4n) is 3.72. The molecule has 1 unspecified atom stereocenters. The molecule has 1 heterocycles. The Kier molecular flexibility index (Phi) is 8.36. The first-order valence-corrected chi connectivity index (χ1v) is 11.2. The molecule has 3 rings (SSSR count). The van der Waals surface area contributed by atoms with Gasteiger partial charge in [-0.25, -0.2) is 4.79 Å². The number of alkyl halides is 3. The fraction of sp³-hybridized carbons (Fsp3) is 0.320. The third kappa shape index (κ3) is 6.42. The number of hydrogen-bond donors (Lipinski definition) is 2. The summed E-state index contributed by atoms with van der Waals surface area (Å²) in [6, 6.07) is 9.74. The minimum absolute atomic E-state index is 0.0531. The molecule has 36 heavy (non-hydrogen) atoms. The van der Waals surface area contributed by atoms with Crippen molar-refractivity contribution in [1.29, 1.82) is 0 Å². The first-order chi connectivity index (χ1) is 17.0. The second-order valence-corrected chi connectivity index (χ2v) is 8.25. The molecule has 2 N–H and O–H groups in total. The number of carbonyl (C=O) groups excluding carboxylic acids is 3. The van der Waals surface area contributed by atoms with Crippen LogP contribution in [0.25, 0.3) is 10.9 Å². The molecule has 1 atom stereocenters. The molecule has 0 saturated carbocycles. The van der Waals surface area contributed by atoms with Gasteiger partial charge in [-0.1, -0.05) is 18.2 Å². The van der Waals surface area contributed by atoms with Gasteiger partial charge >= 0.3 is 18.2 Å². The second kappa shape index (κ2) is 11.3. The monoisotopic (exact) mass is 504 g/mol. The zero-order valence-electron chi connectivity index (χ0n) is 20.1. The van der Waals surface area contributed by atoms with E-state index in [0.717, 1.165) is 24.3 Å². The molecule has 2 aromatic carbocycles. The van der Waals surface area contributed by atoms with Crippen LogP contribution < -0.4 is 10.6 Å². The Morgan fingerprint density at radius 1 is 1.03 bits per heavy atom. The number of benzene rings is 2. The van der Waals surface area contributed by atoms with Crippen molar-refractivity contribution < 1.29 is 32.3 Å². The summed E-state index contributed by atoms with van der Waals surface area (Å²) >= 11 is 0. The first-order valence-electron chi connectivity index (χ1n) is 11.2. The predicted octanol–water partition coefficient (Wildman–Crippen LogP) is 5.22. The molecule has 0 fully saturated rings. The van der Waals surface area contributed by atoms with Gasteiger partial charge in [-0.05, 0) is 57.8 Å². The van der Waals surface area contributed by atoms with Crippen LogP contribution in [0.3, 0.4) is 0 Å². The van der Waals surface area contributed by atoms with E-state index in [9.17, 15) is 27.6 Å². The number of likely N-dealkylation sites (N-methyl/N-ethyl adjacent to an activating group) is 1. The number of halogens is 3. The highest BCUT2D eigenvalue weighted by Gasteiger charge is 2.30. The first kappa shape index (κ1) is 26.7. The van der Waals surface area contributed by atoms with Crippen LogP contribution in [0.2, 0.25) is 0 Å². The zero-order chi connectivity index (χ0) is 26.5. The molecule has 0 radical (unpaired) electrons. The van der Waals surface area contributed by atoms with Crippen LogP contribution >= 0.6 is 0 Å². The highest BCUT2D eigenvalue weighted by Crippen LogP contribution is 2.30. The Hall–Kier alpha value is -3.86. The van der Waals surface area contributed by atoms with E-state index in [1.54, 1.807) is 50.2 Å². The highest BCUT2D eigenvalue weighted by atomic mass is 19.4. The van der Waals surface area contributed by atoms with Crippen molar-refractivity contribution >= 4 is 40.2 Å². The molecule has 192 valence electrons. The quantitative estimate of drug-likeness (QED) is 0.411. The van der Waals surface area contributed by atoms with E-state index in [0.29, 0.717) is 16.6 Å². The number of carbonyl (C=O) groups is 3. The summed E-state index contributed by atoms with van der Waals surface area (Å²) in [4.78, 5) is 39.4. The number of nitrogens with zero attached hydrogens (tertiary/aromatic N) is 2. The Morgan fingerprint density at radius 2 is 1.69 bits per heavy atom. The lowest BCUT2D eigenvalue weighted by Gasteiger charge is -2.22. The molecular weight excluding hydrogens is 477 g/mol. The van der Waals surface area contributed by atoms with Gasteiger partial charge in [-0.3, -0.25) is 19.1 Å². The lowest BCUT2D eigenvalue weighted by atomic mass is 10.1. The normalized spacial score (nSPS) is 12.4. The Labute approximate surface area is 206 Å². The molecule has 2 amide bonds. The smallest absolute Gasteiger partial charge is 0.416 e. The maximum absolute atomic E-state index is 13.0. The van der Waals surface area contributed by atoms with Gasteiger partial charge in [0.15, 0.2) is 0 Å². The van der Waals surface area contributed by atoms with Crippen molar-refractivity contribution in [3.05, 3.63) is 60.3 Å². The van der Waals surface area contributed by atoms with Gasteiger partial charge in [-0.2, -0.15) is 13.2 Å². The largest absolute Gasteiger partial charge is 0.465 e. The summed E-state index contributed by atoms with van der Waals surface area (Å²) in [5.74, 6) is -0.687. The van der Waals surface area contributed by atoms with E-state index in [2.05, 4.69) is 10.6 Å². The second-order valence-electron chi connectivity index (χ2n) is 8.25. The average Bonchev–Trinajstić information content (AvgIpc) is 3.17. The van der Waals surface area contributed by atoms with Crippen molar-refractivity contribution in [3.8, 4) is 0 Å². The number of ether oxygens (including phenoxy) is 1. The minimum atomic E-state index is -4.47. The Balaban J connectivity index is 1.74. The number of amides is 2. The van der Waals surface area contributed by atoms with Gasteiger partial charge in [0.1, 0.15) is 6.04 Å². The van der Waals surface area contributed by atoms with Crippen molar-refractivity contribution in [3.63, 3.8) is 0 Å². The molecule has 1 aromatic heterocycles. The maximum Gasteiger partial charge on any atom is 0.416 e. The summed E-state index contributed by atoms with van der Waals surface area (Å²) in [7, 11) is 3.46. The number of para-hydroxylation sites is 1. The zero-order valence-corrected chi connectivity index (χ0v) is 20.1. The molecule has 0 saturated heterocycles. The van der Waals surface area contributed by atoms with Gasteiger partial charge in [0, 0.05) is 23.7 Å². The number of aromatic nitrogens is 1. The number of esters is 1. The van der Waals surface area contributed by atoms with Crippen LogP contribution in [0.1, 0.15) is 30.1 Å². The van der Waals surface area contributed by atoms with Crippen LogP contribution in [0.5, 0.6) is 0 Å². The van der Waals surface area contributed by atoms with Crippen LogP contribution in [-0.4, -0.2) is 54.1 Å². The Bertz CT molecular complexity index is 1240. The summed E-state index contributed by atoms with van der Waals surface area (Å²) in [6.45, 7) is 1.95. The highest BCUT2D eigenvalue weighted by molar-refractivity contribution is 6.08. The number of hydrogen-bond acceptors (Lipinski definition) is 5.